The van der Waals surface area contributed by atoms with Crippen molar-refractivity contribution in [3.8, 4) is 11.5 Å². The number of hydrogen-bond acceptors (Lipinski definition) is 4. The lowest BCUT2D eigenvalue weighted by atomic mass is 9.86. The van der Waals surface area contributed by atoms with E-state index in [0.717, 1.165) is 5.56 Å². The van der Waals surface area contributed by atoms with Crippen molar-refractivity contribution < 1.29 is 14.6 Å². The molecule has 1 aliphatic heterocycles. The van der Waals surface area contributed by atoms with Crippen molar-refractivity contribution in [3.63, 3.8) is 0 Å². The van der Waals surface area contributed by atoms with Crippen molar-refractivity contribution in [2.45, 2.75) is 6.10 Å². The average Bonchev–Trinajstić information content (AvgIpc) is 2.69. The van der Waals surface area contributed by atoms with Gasteiger partial charge >= 0.3 is 0 Å². The number of ketones is 1. The highest BCUT2D eigenvalue weighted by atomic mass is 16.5. The van der Waals surface area contributed by atoms with Crippen LogP contribution in [0.5, 0.6) is 11.5 Å². The van der Waals surface area contributed by atoms with Crippen LogP contribution in [0.15, 0.2) is 83.9 Å². The highest BCUT2D eigenvalue weighted by Crippen LogP contribution is 2.38. The zero-order chi connectivity index (χ0) is 17.9. The van der Waals surface area contributed by atoms with Crippen molar-refractivity contribution in [3.05, 3.63) is 90.0 Å². The van der Waals surface area contributed by atoms with Crippen LogP contribution in [-0.2, 0) is 0 Å². The topological polar surface area (TPSA) is 58.9 Å². The van der Waals surface area contributed by atoms with Gasteiger partial charge in [0, 0.05) is 6.21 Å². The predicted octanol–water partition coefficient (Wildman–Crippen LogP) is 4.73. The molecule has 0 aromatic heterocycles. The summed E-state index contributed by atoms with van der Waals surface area (Å²) in [6.45, 7) is 0. The van der Waals surface area contributed by atoms with Gasteiger partial charge in [-0.2, -0.15) is 0 Å². The van der Waals surface area contributed by atoms with E-state index in [-0.39, 0.29) is 11.5 Å². The fourth-order valence-corrected chi connectivity index (χ4v) is 3.10. The van der Waals surface area contributed by atoms with Crippen LogP contribution in [0.1, 0.15) is 22.0 Å². The Bertz CT molecular complexity index is 966. The number of hydrogen-bond donors (Lipinski definition) is 1. The van der Waals surface area contributed by atoms with Gasteiger partial charge in [-0.25, -0.2) is 0 Å². The van der Waals surface area contributed by atoms with Crippen molar-refractivity contribution in [2.24, 2.45) is 10.9 Å². The van der Waals surface area contributed by atoms with Crippen LogP contribution in [0.3, 0.4) is 0 Å². The fraction of sp³-hybridized carbons (Fsp3) is 0.0909. The molecule has 0 bridgehead atoms. The molecule has 0 aliphatic carbocycles. The van der Waals surface area contributed by atoms with Crippen LogP contribution in [0.4, 0.5) is 5.69 Å². The lowest BCUT2D eigenvalue weighted by Gasteiger charge is -2.30. The molecule has 128 valence electrons. The molecule has 0 saturated heterocycles. The average molecular weight is 343 g/mol. The van der Waals surface area contributed by atoms with E-state index >= 15 is 0 Å². The van der Waals surface area contributed by atoms with Crippen LogP contribution in [-0.4, -0.2) is 17.1 Å². The summed E-state index contributed by atoms with van der Waals surface area (Å²) >= 11 is 0. The summed E-state index contributed by atoms with van der Waals surface area (Å²) in [4.78, 5) is 17.4. The lowest BCUT2D eigenvalue weighted by molar-refractivity contribution is 0.0772. The molecule has 4 rings (SSSR count). The molecule has 3 aromatic carbocycles. The van der Waals surface area contributed by atoms with Gasteiger partial charge in [0.1, 0.15) is 23.3 Å². The van der Waals surface area contributed by atoms with Gasteiger partial charge in [0.15, 0.2) is 5.78 Å². The van der Waals surface area contributed by atoms with Crippen LogP contribution in [0.25, 0.3) is 0 Å². The molecular weight excluding hydrogens is 326 g/mol. The van der Waals surface area contributed by atoms with Crippen molar-refractivity contribution in [2.75, 3.05) is 0 Å². The quantitative estimate of drug-likeness (QED) is 0.700. The molecule has 0 radical (unpaired) electrons. The summed E-state index contributed by atoms with van der Waals surface area (Å²) in [7, 11) is 0. The van der Waals surface area contributed by atoms with Gasteiger partial charge in [-0.1, -0.05) is 54.6 Å². The summed E-state index contributed by atoms with van der Waals surface area (Å²) in [5.74, 6) is 0.0370. The van der Waals surface area contributed by atoms with Crippen LogP contribution >= 0.6 is 0 Å². The highest BCUT2D eigenvalue weighted by Gasteiger charge is 2.37. The maximum absolute atomic E-state index is 13.1. The van der Waals surface area contributed by atoms with E-state index in [1.165, 1.54) is 0 Å². The Kier molecular flexibility index (Phi) is 4.23. The molecule has 0 spiro atoms. The first-order valence-corrected chi connectivity index (χ1v) is 8.41. The van der Waals surface area contributed by atoms with Gasteiger partial charge in [0.25, 0.3) is 0 Å². The number of benzene rings is 3. The second kappa shape index (κ2) is 6.84. The van der Waals surface area contributed by atoms with Crippen LogP contribution < -0.4 is 4.74 Å². The molecule has 0 fully saturated rings. The Labute approximate surface area is 151 Å². The second-order valence-corrected chi connectivity index (χ2v) is 6.10. The van der Waals surface area contributed by atoms with Crippen molar-refractivity contribution >= 4 is 17.7 Å². The third-order valence-corrected chi connectivity index (χ3v) is 4.42. The number of aromatic hydroxyl groups is 1. The summed E-state index contributed by atoms with van der Waals surface area (Å²) in [5, 5.41) is 9.92. The van der Waals surface area contributed by atoms with Gasteiger partial charge in [0.05, 0.1) is 11.5 Å². The minimum Gasteiger partial charge on any atom is -0.506 e. The summed E-state index contributed by atoms with van der Waals surface area (Å²) in [6, 6.07) is 23.7. The minimum atomic E-state index is -0.577. The van der Waals surface area contributed by atoms with Crippen molar-refractivity contribution in [1.29, 1.82) is 0 Å². The Balaban J connectivity index is 1.76. The zero-order valence-electron chi connectivity index (χ0n) is 13.9. The van der Waals surface area contributed by atoms with E-state index in [0.29, 0.717) is 17.0 Å². The first-order valence-electron chi connectivity index (χ1n) is 8.41. The minimum absolute atomic E-state index is 0.0418. The molecule has 26 heavy (non-hydrogen) atoms. The number of para-hydroxylation sites is 3. The Morgan fingerprint density at radius 1 is 0.885 bits per heavy atom. The van der Waals surface area contributed by atoms with Crippen molar-refractivity contribution in [1.82, 2.24) is 0 Å². The maximum Gasteiger partial charge on any atom is 0.179 e. The van der Waals surface area contributed by atoms with E-state index in [1.54, 1.807) is 42.6 Å². The second-order valence-electron chi connectivity index (χ2n) is 6.10. The number of carbonyl (C=O) groups excluding carboxylic acids is 1. The monoisotopic (exact) mass is 343 g/mol. The molecule has 1 aliphatic rings. The first-order chi connectivity index (χ1) is 12.7. The third-order valence-electron chi connectivity index (χ3n) is 4.42. The zero-order valence-corrected chi connectivity index (χ0v) is 13.9. The molecule has 1 N–H and O–H groups in total. The molecule has 2 unspecified atom stereocenters. The number of Topliss-reactive ketones (excluding diaryl/α,β-unsaturated/α-hetero) is 1. The number of phenols is 1. The van der Waals surface area contributed by atoms with Crippen LogP contribution in [0, 0.1) is 5.92 Å². The van der Waals surface area contributed by atoms with Gasteiger partial charge in [-0.3, -0.25) is 9.79 Å². The SMILES string of the molecule is O=C1c2ccccc2OC(c2ccccc2)C1C=Nc1ccccc1O. The Morgan fingerprint density at radius 3 is 2.38 bits per heavy atom. The lowest BCUT2D eigenvalue weighted by Crippen LogP contribution is -2.32. The first kappa shape index (κ1) is 16.1. The number of carbonyl (C=O) groups is 1. The highest BCUT2D eigenvalue weighted by molar-refractivity contribution is 6.09. The predicted molar refractivity (Wildman–Crippen MR) is 100 cm³/mol. The standard InChI is InChI=1S/C22H17NO3/c24-19-12-6-5-11-18(19)23-14-17-21(25)16-10-4-7-13-20(16)26-22(17)15-8-2-1-3-9-15/h1-14,17,22,24H. The molecular formula is C22H17NO3. The molecule has 4 heteroatoms. The number of ether oxygens (including phenoxy) is 1. The normalized spacial score (nSPS) is 19.2. The molecule has 2 atom stereocenters. The van der Waals surface area contributed by atoms with Gasteiger partial charge < -0.3 is 9.84 Å². The summed E-state index contributed by atoms with van der Waals surface area (Å²) in [5.41, 5.74) is 1.88. The van der Waals surface area contributed by atoms with E-state index < -0.39 is 12.0 Å². The van der Waals surface area contributed by atoms with Crippen LogP contribution in [0.2, 0.25) is 0 Å². The van der Waals surface area contributed by atoms with Gasteiger partial charge in [-0.15, -0.1) is 0 Å². The van der Waals surface area contributed by atoms with Gasteiger partial charge in [-0.05, 0) is 29.8 Å². The molecule has 3 aromatic rings. The van der Waals surface area contributed by atoms with E-state index in [1.807, 2.05) is 42.5 Å². The smallest absolute Gasteiger partial charge is 0.179 e. The number of aliphatic imine (C=N–C) groups is 1. The number of rotatable bonds is 3. The third kappa shape index (κ3) is 2.97. The summed E-state index contributed by atoms with van der Waals surface area (Å²) < 4.78 is 6.15. The number of fused-ring (bicyclic) bond motifs is 1. The van der Waals surface area contributed by atoms with E-state index in [2.05, 4.69) is 4.99 Å². The van der Waals surface area contributed by atoms with E-state index in [4.69, 9.17) is 4.74 Å². The Hall–Kier alpha value is -3.40. The fourth-order valence-electron chi connectivity index (χ4n) is 3.10. The van der Waals surface area contributed by atoms with Gasteiger partial charge in [0.2, 0.25) is 0 Å². The molecule has 0 saturated carbocycles. The number of nitrogens with zero attached hydrogens (tertiary/aromatic N) is 1. The summed E-state index contributed by atoms with van der Waals surface area (Å²) in [6.07, 6.45) is 1.11. The maximum atomic E-state index is 13.1. The van der Waals surface area contributed by atoms with E-state index in [9.17, 15) is 9.90 Å². The molecule has 4 nitrogen and oxygen atoms in total. The number of phenolic OH excluding ortho intramolecular Hbond substituents is 1. The molecule has 0 amide bonds. The molecule has 1 heterocycles. The Morgan fingerprint density at radius 2 is 1.58 bits per heavy atom. The largest absolute Gasteiger partial charge is 0.506 e.